The number of non-ortho nitro benzene ring substituents is 1. The normalized spacial score (nSPS) is 10.4. The van der Waals surface area contributed by atoms with E-state index in [2.05, 4.69) is 4.37 Å². The second-order valence-electron chi connectivity index (χ2n) is 4.77. The number of hydrogen-bond donors (Lipinski definition) is 1. The topological polar surface area (TPSA) is 99.1 Å². The van der Waals surface area contributed by atoms with E-state index in [0.29, 0.717) is 16.0 Å². The van der Waals surface area contributed by atoms with E-state index in [4.69, 9.17) is 5.73 Å². The predicted octanol–water partition coefficient (Wildman–Crippen LogP) is 3.53. The maximum atomic E-state index is 12.4. The molecule has 0 amide bonds. The summed E-state index contributed by atoms with van der Waals surface area (Å²) in [6.07, 6.45) is 0. The van der Waals surface area contributed by atoms with E-state index >= 15 is 0 Å². The Labute approximate surface area is 135 Å². The molecule has 0 aliphatic carbocycles. The number of nitrogen functional groups attached to an aromatic ring is 1. The van der Waals surface area contributed by atoms with Crippen molar-refractivity contribution in [2.24, 2.45) is 0 Å². The second kappa shape index (κ2) is 5.98. The lowest BCUT2D eigenvalue weighted by molar-refractivity contribution is -0.384. The number of carbonyl (C=O) groups excluding carboxylic acids is 1. The van der Waals surface area contributed by atoms with Crippen LogP contribution in [0, 0.1) is 10.1 Å². The van der Waals surface area contributed by atoms with Gasteiger partial charge in [0.15, 0.2) is 0 Å². The Balaban J connectivity index is 1.96. The molecule has 0 unspecified atom stereocenters. The Morgan fingerprint density at radius 3 is 2.35 bits per heavy atom. The summed E-state index contributed by atoms with van der Waals surface area (Å²) in [6.45, 7) is 0. The highest BCUT2D eigenvalue weighted by Crippen LogP contribution is 2.34. The molecule has 0 saturated carbocycles. The van der Waals surface area contributed by atoms with Crippen molar-refractivity contribution in [3.8, 4) is 10.4 Å². The molecule has 7 heteroatoms. The van der Waals surface area contributed by atoms with Crippen LogP contribution in [0.5, 0.6) is 0 Å². The smallest absolute Gasteiger partial charge is 0.269 e. The molecule has 1 heterocycles. The van der Waals surface area contributed by atoms with Gasteiger partial charge in [0.05, 0.1) is 15.5 Å². The molecule has 0 atom stereocenters. The Bertz CT molecular complexity index is 873. The number of nitrogens with two attached hydrogens (primary N) is 1. The van der Waals surface area contributed by atoms with Crippen LogP contribution < -0.4 is 5.73 Å². The molecule has 1 aromatic heterocycles. The van der Waals surface area contributed by atoms with Crippen LogP contribution in [0.4, 0.5) is 11.4 Å². The number of benzene rings is 2. The number of anilines is 1. The first-order chi connectivity index (χ1) is 11.1. The molecule has 0 saturated heterocycles. The molecule has 2 aromatic carbocycles. The third-order valence-electron chi connectivity index (χ3n) is 3.32. The first kappa shape index (κ1) is 14.9. The van der Waals surface area contributed by atoms with Crippen molar-refractivity contribution >= 4 is 28.7 Å². The van der Waals surface area contributed by atoms with Gasteiger partial charge in [0.25, 0.3) is 5.69 Å². The van der Waals surface area contributed by atoms with Crippen LogP contribution in [-0.4, -0.2) is 15.1 Å². The standard InChI is InChI=1S/C16H11N3O3S/c17-13-14(15(20)10-4-2-1-3-5-10)18-23-16(13)11-6-8-12(9-7-11)19(21)22/h1-9H,17H2. The molecule has 0 spiro atoms. The zero-order valence-corrected chi connectivity index (χ0v) is 12.6. The van der Waals surface area contributed by atoms with E-state index in [9.17, 15) is 14.9 Å². The number of nitro benzene ring substituents is 1. The van der Waals surface area contributed by atoms with Gasteiger partial charge in [-0.2, -0.15) is 4.37 Å². The van der Waals surface area contributed by atoms with Crippen molar-refractivity contribution in [1.82, 2.24) is 4.37 Å². The zero-order chi connectivity index (χ0) is 16.4. The summed E-state index contributed by atoms with van der Waals surface area (Å²) >= 11 is 1.10. The summed E-state index contributed by atoms with van der Waals surface area (Å²) in [5.74, 6) is -0.243. The number of nitrogens with zero attached hydrogens (tertiary/aromatic N) is 2. The molecule has 0 bridgehead atoms. The van der Waals surface area contributed by atoms with Gasteiger partial charge in [-0.3, -0.25) is 14.9 Å². The fraction of sp³-hybridized carbons (Fsp3) is 0. The van der Waals surface area contributed by atoms with Gasteiger partial charge in [-0.05, 0) is 29.2 Å². The minimum atomic E-state index is -0.468. The van der Waals surface area contributed by atoms with Gasteiger partial charge in [-0.15, -0.1) is 0 Å². The summed E-state index contributed by atoms with van der Waals surface area (Å²) in [4.78, 5) is 23.3. The average molecular weight is 325 g/mol. The molecule has 0 aliphatic heterocycles. The highest BCUT2D eigenvalue weighted by Gasteiger charge is 2.20. The van der Waals surface area contributed by atoms with Crippen LogP contribution in [0.15, 0.2) is 54.6 Å². The largest absolute Gasteiger partial charge is 0.396 e. The molecule has 23 heavy (non-hydrogen) atoms. The summed E-state index contributed by atoms with van der Waals surface area (Å²) in [6, 6.07) is 14.8. The van der Waals surface area contributed by atoms with E-state index in [1.165, 1.54) is 12.1 Å². The molecule has 6 nitrogen and oxygen atoms in total. The van der Waals surface area contributed by atoms with Crippen LogP contribution >= 0.6 is 11.5 Å². The monoisotopic (exact) mass is 325 g/mol. The van der Waals surface area contributed by atoms with Crippen LogP contribution in [0.1, 0.15) is 16.1 Å². The van der Waals surface area contributed by atoms with Crippen LogP contribution in [0.25, 0.3) is 10.4 Å². The van der Waals surface area contributed by atoms with E-state index in [0.717, 1.165) is 11.5 Å². The molecule has 2 N–H and O–H groups in total. The van der Waals surface area contributed by atoms with E-state index in [1.807, 2.05) is 6.07 Å². The molecule has 3 aromatic rings. The second-order valence-corrected chi connectivity index (χ2v) is 5.55. The van der Waals surface area contributed by atoms with Crippen LogP contribution in [-0.2, 0) is 0 Å². The Morgan fingerprint density at radius 1 is 1.09 bits per heavy atom. The van der Waals surface area contributed by atoms with E-state index < -0.39 is 4.92 Å². The van der Waals surface area contributed by atoms with Crippen LogP contribution in [0.2, 0.25) is 0 Å². The number of rotatable bonds is 4. The lowest BCUT2D eigenvalue weighted by atomic mass is 10.1. The van der Waals surface area contributed by atoms with Gasteiger partial charge in [0.2, 0.25) is 5.78 Å². The quantitative estimate of drug-likeness (QED) is 0.449. The maximum absolute atomic E-state index is 12.4. The summed E-state index contributed by atoms with van der Waals surface area (Å²) in [5, 5.41) is 10.7. The molecule has 0 aliphatic rings. The summed E-state index contributed by atoms with van der Waals surface area (Å²) in [7, 11) is 0. The van der Waals surface area contributed by atoms with Crippen molar-refractivity contribution in [3.05, 3.63) is 76.0 Å². The Hall–Kier alpha value is -3.06. The molecule has 0 radical (unpaired) electrons. The van der Waals surface area contributed by atoms with Crippen molar-refractivity contribution < 1.29 is 9.72 Å². The molecule has 0 fully saturated rings. The lowest BCUT2D eigenvalue weighted by Crippen LogP contribution is -2.04. The van der Waals surface area contributed by atoms with Crippen molar-refractivity contribution in [3.63, 3.8) is 0 Å². The molecule has 114 valence electrons. The van der Waals surface area contributed by atoms with E-state index in [-0.39, 0.29) is 22.9 Å². The average Bonchev–Trinajstić information content (AvgIpc) is 2.96. The number of carbonyl (C=O) groups is 1. The number of aromatic nitrogens is 1. The fourth-order valence-corrected chi connectivity index (χ4v) is 2.93. The third-order valence-corrected chi connectivity index (χ3v) is 4.23. The van der Waals surface area contributed by atoms with Gasteiger partial charge >= 0.3 is 0 Å². The number of hydrogen-bond acceptors (Lipinski definition) is 6. The molecule has 3 rings (SSSR count). The van der Waals surface area contributed by atoms with Crippen molar-refractivity contribution in [1.29, 1.82) is 0 Å². The highest BCUT2D eigenvalue weighted by molar-refractivity contribution is 7.10. The van der Waals surface area contributed by atoms with E-state index in [1.54, 1.807) is 36.4 Å². The SMILES string of the molecule is Nc1c(C(=O)c2ccccc2)nsc1-c1ccc([N+](=O)[O-])cc1. The van der Waals surface area contributed by atoms with Gasteiger partial charge in [0, 0.05) is 17.7 Å². The van der Waals surface area contributed by atoms with Crippen molar-refractivity contribution in [2.75, 3.05) is 5.73 Å². The minimum absolute atomic E-state index is 0.00239. The fourth-order valence-electron chi connectivity index (χ4n) is 2.13. The molecular formula is C16H11N3O3S. The summed E-state index contributed by atoms with van der Waals surface area (Å²) in [5.41, 5.74) is 7.76. The Kier molecular flexibility index (Phi) is 3.86. The third kappa shape index (κ3) is 2.82. The zero-order valence-electron chi connectivity index (χ0n) is 11.8. The number of nitro groups is 1. The summed E-state index contributed by atoms with van der Waals surface area (Å²) < 4.78 is 4.16. The maximum Gasteiger partial charge on any atom is 0.269 e. The van der Waals surface area contributed by atoms with Gasteiger partial charge < -0.3 is 5.73 Å². The first-order valence-electron chi connectivity index (χ1n) is 6.67. The van der Waals surface area contributed by atoms with Crippen molar-refractivity contribution in [2.45, 2.75) is 0 Å². The highest BCUT2D eigenvalue weighted by atomic mass is 32.1. The first-order valence-corrected chi connectivity index (χ1v) is 7.45. The van der Waals surface area contributed by atoms with Gasteiger partial charge in [-0.1, -0.05) is 30.3 Å². The van der Waals surface area contributed by atoms with Gasteiger partial charge in [-0.25, -0.2) is 0 Å². The Morgan fingerprint density at radius 2 is 1.74 bits per heavy atom. The molecular weight excluding hydrogens is 314 g/mol. The van der Waals surface area contributed by atoms with Crippen LogP contribution in [0.3, 0.4) is 0 Å². The lowest BCUT2D eigenvalue weighted by Gasteiger charge is -2.01. The minimum Gasteiger partial charge on any atom is -0.396 e. The number of ketones is 1. The van der Waals surface area contributed by atoms with Gasteiger partial charge in [0.1, 0.15) is 5.69 Å². The predicted molar refractivity (Wildman–Crippen MR) is 88.5 cm³/mol.